The number of benzene rings is 2. The summed E-state index contributed by atoms with van der Waals surface area (Å²) in [6.07, 6.45) is 0.595. The number of amides is 1. The van der Waals surface area contributed by atoms with E-state index < -0.39 is 0 Å². The minimum Gasteiger partial charge on any atom is -0.492 e. The van der Waals surface area contributed by atoms with Crippen molar-refractivity contribution in [3.63, 3.8) is 0 Å². The maximum atomic E-state index is 13.0. The van der Waals surface area contributed by atoms with Crippen molar-refractivity contribution in [1.29, 1.82) is 0 Å². The van der Waals surface area contributed by atoms with Gasteiger partial charge in [0.15, 0.2) is 0 Å². The molecule has 1 N–H and O–H groups in total. The Morgan fingerprint density at radius 3 is 2.78 bits per heavy atom. The van der Waals surface area contributed by atoms with Gasteiger partial charge in [-0.2, -0.15) is 0 Å². The molecule has 3 nitrogen and oxygen atoms in total. The maximum Gasteiger partial charge on any atom is 0.227 e. The summed E-state index contributed by atoms with van der Waals surface area (Å²) >= 11 is 5.99. The Labute approximate surface area is 139 Å². The number of carbonyl (C=O) groups is 1. The molecular formula is C18H17ClFNO2. The first kappa shape index (κ1) is 15.8. The first-order valence-electron chi connectivity index (χ1n) is 7.50. The molecule has 0 aromatic heterocycles. The van der Waals surface area contributed by atoms with E-state index in [9.17, 15) is 9.18 Å². The maximum absolute atomic E-state index is 13.0. The molecule has 23 heavy (non-hydrogen) atoms. The molecule has 0 aliphatic carbocycles. The minimum absolute atomic E-state index is 0.0764. The standard InChI is InChI=1S/C18H17ClFNO2/c1-11(12-2-5-16(20)6-3-12)21-18(22)14-8-13-9-15(19)4-7-17(13)23-10-14/h2-7,9,11,14H,8,10H2,1H3,(H,21,22)/t11-,14-/m1/s1. The molecule has 0 saturated carbocycles. The van der Waals surface area contributed by atoms with E-state index in [0.717, 1.165) is 16.9 Å². The number of fused-ring (bicyclic) bond motifs is 1. The lowest BCUT2D eigenvalue weighted by atomic mass is 9.95. The van der Waals surface area contributed by atoms with Crippen LogP contribution in [0.3, 0.4) is 0 Å². The van der Waals surface area contributed by atoms with Crippen LogP contribution in [0.25, 0.3) is 0 Å². The van der Waals surface area contributed by atoms with E-state index in [1.165, 1.54) is 12.1 Å². The van der Waals surface area contributed by atoms with Gasteiger partial charge in [0.2, 0.25) is 5.91 Å². The summed E-state index contributed by atoms with van der Waals surface area (Å²) in [4.78, 5) is 12.4. The van der Waals surface area contributed by atoms with Gasteiger partial charge in [0.05, 0.1) is 12.0 Å². The predicted octanol–water partition coefficient (Wildman–Crippen LogP) is 3.91. The Morgan fingerprint density at radius 1 is 1.30 bits per heavy atom. The van der Waals surface area contributed by atoms with E-state index in [0.29, 0.717) is 18.1 Å². The molecule has 0 fully saturated rings. The smallest absolute Gasteiger partial charge is 0.227 e. The van der Waals surface area contributed by atoms with E-state index in [1.54, 1.807) is 18.2 Å². The fourth-order valence-corrected chi connectivity index (χ4v) is 2.89. The molecule has 0 radical (unpaired) electrons. The second kappa shape index (κ2) is 6.59. The van der Waals surface area contributed by atoms with E-state index in [4.69, 9.17) is 16.3 Å². The molecule has 1 heterocycles. The summed E-state index contributed by atoms with van der Waals surface area (Å²) in [5, 5.41) is 3.59. The Hall–Kier alpha value is -2.07. The van der Waals surface area contributed by atoms with Gasteiger partial charge in [-0.3, -0.25) is 4.79 Å². The summed E-state index contributed by atoms with van der Waals surface area (Å²) in [5.74, 6) is 0.155. The molecule has 0 spiro atoms. The third-order valence-corrected chi connectivity index (χ3v) is 4.26. The van der Waals surface area contributed by atoms with Crippen LogP contribution < -0.4 is 10.1 Å². The van der Waals surface area contributed by atoms with Crippen LogP contribution in [0.2, 0.25) is 5.02 Å². The monoisotopic (exact) mass is 333 g/mol. The molecule has 1 amide bonds. The lowest BCUT2D eigenvalue weighted by molar-refractivity contribution is -0.126. The fourth-order valence-electron chi connectivity index (χ4n) is 2.70. The number of halogens is 2. The highest BCUT2D eigenvalue weighted by Gasteiger charge is 2.27. The molecule has 2 aromatic carbocycles. The molecule has 1 aliphatic heterocycles. The molecule has 2 aromatic rings. The Morgan fingerprint density at radius 2 is 2.04 bits per heavy atom. The van der Waals surface area contributed by atoms with E-state index in [2.05, 4.69) is 5.32 Å². The average molecular weight is 334 g/mol. The topological polar surface area (TPSA) is 38.3 Å². The largest absolute Gasteiger partial charge is 0.492 e. The van der Waals surface area contributed by atoms with Crippen molar-refractivity contribution in [2.45, 2.75) is 19.4 Å². The first-order chi connectivity index (χ1) is 11.0. The van der Waals surface area contributed by atoms with E-state index in [-0.39, 0.29) is 23.7 Å². The predicted molar refractivity (Wildman–Crippen MR) is 87.1 cm³/mol. The molecule has 120 valence electrons. The van der Waals surface area contributed by atoms with Crippen molar-refractivity contribution in [2.75, 3.05) is 6.61 Å². The SMILES string of the molecule is C[C@@H](NC(=O)[C@H]1COc2ccc(Cl)cc2C1)c1ccc(F)cc1. The molecule has 0 unspecified atom stereocenters. The van der Waals surface area contributed by atoms with Gasteiger partial charge in [-0.1, -0.05) is 23.7 Å². The van der Waals surface area contributed by atoms with Crippen molar-refractivity contribution in [1.82, 2.24) is 5.32 Å². The summed E-state index contributed by atoms with van der Waals surface area (Å²) in [6, 6.07) is 11.4. The highest BCUT2D eigenvalue weighted by molar-refractivity contribution is 6.30. The van der Waals surface area contributed by atoms with Crippen LogP contribution in [0.15, 0.2) is 42.5 Å². The van der Waals surface area contributed by atoms with Gasteiger partial charge in [0, 0.05) is 5.02 Å². The van der Waals surface area contributed by atoms with Gasteiger partial charge in [0.1, 0.15) is 18.2 Å². The summed E-state index contributed by atoms with van der Waals surface area (Å²) in [7, 11) is 0. The number of hydrogen-bond acceptors (Lipinski definition) is 2. The Bertz CT molecular complexity index is 717. The van der Waals surface area contributed by atoms with Gasteiger partial charge in [-0.25, -0.2) is 4.39 Å². The Kier molecular flexibility index (Phi) is 4.53. The molecule has 2 atom stereocenters. The van der Waals surface area contributed by atoms with Gasteiger partial charge in [-0.15, -0.1) is 0 Å². The molecule has 3 rings (SSSR count). The quantitative estimate of drug-likeness (QED) is 0.925. The van der Waals surface area contributed by atoms with Crippen molar-refractivity contribution in [2.24, 2.45) is 5.92 Å². The zero-order valence-corrected chi connectivity index (χ0v) is 13.4. The molecular weight excluding hydrogens is 317 g/mol. The van der Waals surface area contributed by atoms with E-state index in [1.807, 2.05) is 19.1 Å². The summed E-state index contributed by atoms with van der Waals surface area (Å²) in [5.41, 5.74) is 1.80. The lowest BCUT2D eigenvalue weighted by Gasteiger charge is -2.26. The summed E-state index contributed by atoms with van der Waals surface area (Å²) in [6.45, 7) is 2.22. The minimum atomic E-state index is -0.290. The third-order valence-electron chi connectivity index (χ3n) is 4.03. The molecule has 0 saturated heterocycles. The zero-order chi connectivity index (χ0) is 16.4. The number of ether oxygens (including phenoxy) is 1. The van der Waals surface area contributed by atoms with Crippen LogP contribution >= 0.6 is 11.6 Å². The number of carbonyl (C=O) groups excluding carboxylic acids is 1. The number of hydrogen-bond donors (Lipinski definition) is 1. The average Bonchev–Trinajstić information content (AvgIpc) is 2.54. The first-order valence-corrected chi connectivity index (χ1v) is 7.88. The van der Waals surface area contributed by atoms with Crippen LogP contribution in [-0.4, -0.2) is 12.5 Å². The lowest BCUT2D eigenvalue weighted by Crippen LogP contribution is -2.38. The number of nitrogens with one attached hydrogen (secondary N) is 1. The zero-order valence-electron chi connectivity index (χ0n) is 12.7. The normalized spacial score (nSPS) is 17.8. The fraction of sp³-hybridized carbons (Fsp3) is 0.278. The Balaban J connectivity index is 1.66. The van der Waals surface area contributed by atoms with Crippen molar-refractivity contribution < 1.29 is 13.9 Å². The highest BCUT2D eigenvalue weighted by atomic mass is 35.5. The number of rotatable bonds is 3. The van der Waals surface area contributed by atoms with Gasteiger partial charge in [-0.05, 0) is 54.8 Å². The van der Waals surface area contributed by atoms with E-state index >= 15 is 0 Å². The molecule has 0 bridgehead atoms. The van der Waals surface area contributed by atoms with Crippen molar-refractivity contribution >= 4 is 17.5 Å². The van der Waals surface area contributed by atoms with Gasteiger partial charge < -0.3 is 10.1 Å². The van der Waals surface area contributed by atoms with Crippen molar-refractivity contribution in [3.8, 4) is 5.75 Å². The van der Waals surface area contributed by atoms with Crippen molar-refractivity contribution in [3.05, 3.63) is 64.4 Å². The second-order valence-corrected chi connectivity index (χ2v) is 6.18. The van der Waals surface area contributed by atoms with Gasteiger partial charge >= 0.3 is 0 Å². The van der Waals surface area contributed by atoms with Gasteiger partial charge in [0.25, 0.3) is 0 Å². The van der Waals surface area contributed by atoms with Crippen LogP contribution in [0, 0.1) is 11.7 Å². The highest BCUT2D eigenvalue weighted by Crippen LogP contribution is 2.30. The van der Waals surface area contributed by atoms with Crippen LogP contribution in [0.5, 0.6) is 5.75 Å². The molecule has 1 aliphatic rings. The second-order valence-electron chi connectivity index (χ2n) is 5.75. The van der Waals surface area contributed by atoms with Crippen LogP contribution in [-0.2, 0) is 11.2 Å². The third kappa shape index (κ3) is 3.64. The molecule has 5 heteroatoms. The van der Waals surface area contributed by atoms with Crippen LogP contribution in [0.1, 0.15) is 24.1 Å². The van der Waals surface area contributed by atoms with Crippen LogP contribution in [0.4, 0.5) is 4.39 Å². The summed E-state index contributed by atoms with van der Waals surface area (Å²) < 4.78 is 18.6.